The number of anilines is 1. The topological polar surface area (TPSA) is 90.1 Å². The van der Waals surface area contributed by atoms with E-state index < -0.39 is 11.4 Å². The molecule has 0 spiro atoms. The van der Waals surface area contributed by atoms with Crippen LogP contribution in [-0.2, 0) is 4.79 Å². The van der Waals surface area contributed by atoms with Crippen molar-refractivity contribution in [3.8, 4) is 5.88 Å². The third-order valence-corrected chi connectivity index (χ3v) is 2.28. The zero-order valence-corrected chi connectivity index (χ0v) is 9.87. The van der Waals surface area contributed by atoms with Crippen molar-refractivity contribution in [3.05, 3.63) is 11.9 Å². The first-order valence-corrected chi connectivity index (χ1v) is 4.82. The number of nitrogens with zero attached hydrogens (tertiary/aromatic N) is 2. The van der Waals surface area contributed by atoms with Crippen molar-refractivity contribution in [2.24, 2.45) is 5.73 Å². The highest BCUT2D eigenvalue weighted by Gasteiger charge is 2.26. The van der Waals surface area contributed by atoms with E-state index in [1.807, 2.05) is 0 Å². The van der Waals surface area contributed by atoms with Gasteiger partial charge in [0, 0.05) is 0 Å². The summed E-state index contributed by atoms with van der Waals surface area (Å²) >= 11 is 0. The number of primary amides is 1. The van der Waals surface area contributed by atoms with Crippen molar-refractivity contribution in [1.29, 1.82) is 0 Å². The maximum absolute atomic E-state index is 11.2. The molecule has 1 aromatic rings. The molecule has 0 fully saturated rings. The summed E-state index contributed by atoms with van der Waals surface area (Å²) in [7, 11) is 1.53. The highest BCUT2D eigenvalue weighted by molar-refractivity contribution is 5.86. The Morgan fingerprint density at radius 2 is 2.12 bits per heavy atom. The smallest absolute Gasteiger partial charge is 0.242 e. The van der Waals surface area contributed by atoms with Gasteiger partial charge in [-0.2, -0.15) is 0 Å². The van der Waals surface area contributed by atoms with E-state index in [1.54, 1.807) is 20.8 Å². The summed E-state index contributed by atoms with van der Waals surface area (Å²) in [6.45, 7) is 5.17. The molecule has 0 atom stereocenters. The Kier molecular flexibility index (Phi) is 3.31. The lowest BCUT2D eigenvalue weighted by molar-refractivity contribution is -0.121. The second kappa shape index (κ2) is 4.34. The quantitative estimate of drug-likeness (QED) is 0.775. The van der Waals surface area contributed by atoms with Gasteiger partial charge >= 0.3 is 0 Å². The molecule has 16 heavy (non-hydrogen) atoms. The molecule has 6 nitrogen and oxygen atoms in total. The summed E-state index contributed by atoms with van der Waals surface area (Å²) in [5.41, 5.74) is 5.13. The molecule has 0 bridgehead atoms. The maximum atomic E-state index is 11.2. The molecule has 1 rings (SSSR count). The number of carbonyl (C=O) groups is 1. The van der Waals surface area contributed by atoms with Crippen LogP contribution >= 0.6 is 0 Å². The molecule has 3 N–H and O–H groups in total. The molecular formula is C10H16N4O2. The number of nitrogens with one attached hydrogen (secondary N) is 1. The van der Waals surface area contributed by atoms with Gasteiger partial charge < -0.3 is 15.8 Å². The number of rotatable bonds is 4. The van der Waals surface area contributed by atoms with E-state index in [9.17, 15) is 4.79 Å². The third kappa shape index (κ3) is 2.39. The van der Waals surface area contributed by atoms with Crippen molar-refractivity contribution in [2.45, 2.75) is 26.3 Å². The summed E-state index contributed by atoms with van der Waals surface area (Å²) in [6, 6.07) is 0. The number of amides is 1. The molecule has 0 aliphatic carbocycles. The average Bonchev–Trinajstić information content (AvgIpc) is 2.20. The van der Waals surface area contributed by atoms with Crippen LogP contribution in [-0.4, -0.2) is 28.5 Å². The fourth-order valence-electron chi connectivity index (χ4n) is 1.12. The zero-order chi connectivity index (χ0) is 12.3. The molecule has 6 heteroatoms. The van der Waals surface area contributed by atoms with Crippen LogP contribution in [0.5, 0.6) is 5.88 Å². The van der Waals surface area contributed by atoms with Crippen molar-refractivity contribution in [3.63, 3.8) is 0 Å². The number of aromatic nitrogens is 2. The predicted octanol–water partition coefficient (Wildman–Crippen LogP) is 0.469. The van der Waals surface area contributed by atoms with Gasteiger partial charge in [-0.1, -0.05) is 0 Å². The highest BCUT2D eigenvalue weighted by Crippen LogP contribution is 2.22. The number of ether oxygens (including phenoxy) is 1. The summed E-state index contributed by atoms with van der Waals surface area (Å²) in [5.74, 6) is 0.554. The van der Waals surface area contributed by atoms with Gasteiger partial charge in [-0.25, -0.2) is 9.97 Å². The minimum atomic E-state index is -0.871. The largest absolute Gasteiger partial charge is 0.481 e. The van der Waals surface area contributed by atoms with Gasteiger partial charge in [-0.05, 0) is 20.8 Å². The van der Waals surface area contributed by atoms with Crippen molar-refractivity contribution in [2.75, 3.05) is 12.4 Å². The molecule has 88 valence electrons. The maximum Gasteiger partial charge on any atom is 0.242 e. The van der Waals surface area contributed by atoms with Crippen LogP contribution in [0, 0.1) is 6.92 Å². The molecule has 1 amide bonds. The van der Waals surface area contributed by atoms with Crippen LogP contribution < -0.4 is 15.8 Å². The predicted molar refractivity (Wildman–Crippen MR) is 60.2 cm³/mol. The van der Waals surface area contributed by atoms with Gasteiger partial charge in [0.15, 0.2) is 0 Å². The van der Waals surface area contributed by atoms with Crippen LogP contribution in [0.2, 0.25) is 0 Å². The Bertz CT molecular complexity index is 404. The fourth-order valence-corrected chi connectivity index (χ4v) is 1.12. The van der Waals surface area contributed by atoms with Gasteiger partial charge in [-0.3, -0.25) is 4.79 Å². The Morgan fingerprint density at radius 3 is 2.62 bits per heavy atom. The second-order valence-corrected chi connectivity index (χ2v) is 3.97. The van der Waals surface area contributed by atoms with Crippen LogP contribution in [0.1, 0.15) is 19.4 Å². The number of hydrogen-bond acceptors (Lipinski definition) is 5. The minimum absolute atomic E-state index is 0.454. The van der Waals surface area contributed by atoms with E-state index in [1.165, 1.54) is 13.4 Å². The standard InChI is InChI=1S/C10H16N4O2/c1-6-7(12-5-13-8(6)16-4)14-10(2,3)9(11)15/h5H,1-4H3,(H2,11,15)(H,12,13,14). The van der Waals surface area contributed by atoms with E-state index in [4.69, 9.17) is 10.5 Å². The zero-order valence-electron chi connectivity index (χ0n) is 9.87. The number of carbonyl (C=O) groups excluding carboxylic acids is 1. The molecule has 0 aromatic carbocycles. The molecule has 0 saturated carbocycles. The van der Waals surface area contributed by atoms with E-state index >= 15 is 0 Å². The Morgan fingerprint density at radius 1 is 1.50 bits per heavy atom. The number of methoxy groups -OCH3 is 1. The molecular weight excluding hydrogens is 208 g/mol. The van der Waals surface area contributed by atoms with Crippen LogP contribution in [0.15, 0.2) is 6.33 Å². The Labute approximate surface area is 94.2 Å². The fraction of sp³-hybridized carbons (Fsp3) is 0.500. The third-order valence-electron chi connectivity index (χ3n) is 2.28. The normalized spacial score (nSPS) is 11.0. The highest BCUT2D eigenvalue weighted by atomic mass is 16.5. The van der Waals surface area contributed by atoms with Crippen molar-refractivity contribution in [1.82, 2.24) is 9.97 Å². The summed E-state index contributed by atoms with van der Waals surface area (Å²) in [4.78, 5) is 19.2. The monoisotopic (exact) mass is 224 g/mol. The lowest BCUT2D eigenvalue weighted by Gasteiger charge is -2.24. The molecule has 1 heterocycles. The molecule has 1 aromatic heterocycles. The van der Waals surface area contributed by atoms with Gasteiger partial charge in [0.25, 0.3) is 0 Å². The summed E-state index contributed by atoms with van der Waals surface area (Å²) < 4.78 is 5.05. The molecule has 0 unspecified atom stereocenters. The Balaban J connectivity index is 3.02. The summed E-state index contributed by atoms with van der Waals surface area (Å²) in [6.07, 6.45) is 1.37. The van der Waals surface area contributed by atoms with E-state index in [2.05, 4.69) is 15.3 Å². The molecule has 0 radical (unpaired) electrons. The van der Waals surface area contributed by atoms with Crippen molar-refractivity contribution < 1.29 is 9.53 Å². The van der Waals surface area contributed by atoms with E-state index in [0.29, 0.717) is 11.7 Å². The van der Waals surface area contributed by atoms with E-state index in [0.717, 1.165) is 5.56 Å². The first-order valence-electron chi connectivity index (χ1n) is 4.82. The Hall–Kier alpha value is -1.85. The first-order chi connectivity index (χ1) is 7.38. The summed E-state index contributed by atoms with van der Waals surface area (Å²) in [5, 5.41) is 2.96. The number of nitrogens with two attached hydrogens (primary N) is 1. The van der Waals surface area contributed by atoms with Gasteiger partial charge in [0.05, 0.1) is 12.7 Å². The molecule has 0 saturated heterocycles. The van der Waals surface area contributed by atoms with Crippen molar-refractivity contribution >= 4 is 11.7 Å². The van der Waals surface area contributed by atoms with Gasteiger partial charge in [0.2, 0.25) is 11.8 Å². The van der Waals surface area contributed by atoms with Crippen LogP contribution in [0.3, 0.4) is 0 Å². The van der Waals surface area contributed by atoms with Gasteiger partial charge in [-0.15, -0.1) is 0 Å². The van der Waals surface area contributed by atoms with E-state index in [-0.39, 0.29) is 0 Å². The minimum Gasteiger partial charge on any atom is -0.481 e. The second-order valence-electron chi connectivity index (χ2n) is 3.97. The first kappa shape index (κ1) is 12.2. The lowest BCUT2D eigenvalue weighted by atomic mass is 10.1. The lowest BCUT2D eigenvalue weighted by Crippen LogP contribution is -2.45. The SMILES string of the molecule is COc1ncnc(NC(C)(C)C(N)=O)c1C. The molecule has 0 aliphatic heterocycles. The van der Waals surface area contributed by atoms with Crippen LogP contribution in [0.4, 0.5) is 5.82 Å². The van der Waals surface area contributed by atoms with Crippen LogP contribution in [0.25, 0.3) is 0 Å². The van der Waals surface area contributed by atoms with Gasteiger partial charge in [0.1, 0.15) is 17.7 Å². The average molecular weight is 224 g/mol. The molecule has 0 aliphatic rings. The number of hydrogen-bond donors (Lipinski definition) is 2.